The summed E-state index contributed by atoms with van der Waals surface area (Å²) in [5.74, 6) is 0.0160. The number of piperazine rings is 1. The average Bonchev–Trinajstić information content (AvgIpc) is 2.90. The molecule has 9 nitrogen and oxygen atoms in total. The van der Waals surface area contributed by atoms with E-state index >= 15 is 0 Å². The van der Waals surface area contributed by atoms with Gasteiger partial charge >= 0.3 is 12.2 Å². The Morgan fingerprint density at radius 1 is 0.895 bits per heavy atom. The molecule has 1 atom stereocenters. The highest BCUT2D eigenvalue weighted by Crippen LogP contribution is 2.31. The van der Waals surface area contributed by atoms with Crippen molar-refractivity contribution in [2.75, 3.05) is 51.7 Å². The molecule has 0 saturated carbocycles. The van der Waals surface area contributed by atoms with E-state index in [1.54, 1.807) is 9.80 Å². The van der Waals surface area contributed by atoms with Gasteiger partial charge in [-0.25, -0.2) is 9.59 Å². The van der Waals surface area contributed by atoms with Crippen LogP contribution in [-0.4, -0.2) is 84.8 Å². The third-order valence-electron chi connectivity index (χ3n) is 6.51. The predicted octanol–water partition coefficient (Wildman–Crippen LogP) is 4.99. The minimum atomic E-state index is -0.541. The van der Waals surface area contributed by atoms with Crippen molar-refractivity contribution in [3.05, 3.63) is 65.2 Å². The lowest BCUT2D eigenvalue weighted by Gasteiger charge is -2.40. The van der Waals surface area contributed by atoms with Crippen LogP contribution in [0, 0.1) is 0 Å². The summed E-state index contributed by atoms with van der Waals surface area (Å²) in [6.45, 7) is 13.3. The monoisotopic (exact) mass is 524 g/mol. The maximum absolute atomic E-state index is 12.8. The molecule has 2 aromatic rings. The topological polar surface area (TPSA) is 91.4 Å². The van der Waals surface area contributed by atoms with Crippen molar-refractivity contribution >= 4 is 23.8 Å². The number of carbonyl (C=O) groups excluding carboxylic acids is 3. The number of benzene rings is 2. The van der Waals surface area contributed by atoms with E-state index in [9.17, 15) is 14.4 Å². The van der Waals surface area contributed by atoms with E-state index in [1.165, 1.54) is 7.11 Å². The lowest BCUT2D eigenvalue weighted by molar-refractivity contribution is 0.0119. The number of nitrogens with one attached hydrogen (secondary N) is 1. The second-order valence-electron chi connectivity index (χ2n) is 10.2. The number of rotatable bonds is 7. The second-order valence-corrected chi connectivity index (χ2v) is 10.2. The van der Waals surface area contributed by atoms with Crippen LogP contribution in [0.15, 0.2) is 48.5 Å². The Balaban J connectivity index is 1.85. The highest BCUT2D eigenvalue weighted by Gasteiger charge is 2.30. The van der Waals surface area contributed by atoms with E-state index in [2.05, 4.69) is 15.0 Å². The van der Waals surface area contributed by atoms with Crippen molar-refractivity contribution in [1.82, 2.24) is 14.7 Å². The van der Waals surface area contributed by atoms with Gasteiger partial charge in [-0.2, -0.15) is 0 Å². The molecule has 0 aromatic heterocycles. The highest BCUT2D eigenvalue weighted by molar-refractivity contribution is 5.94. The molecule has 0 spiro atoms. The summed E-state index contributed by atoms with van der Waals surface area (Å²) in [4.78, 5) is 42.9. The summed E-state index contributed by atoms with van der Waals surface area (Å²) in [5.41, 5.74) is 2.83. The molecule has 1 saturated heterocycles. The van der Waals surface area contributed by atoms with Crippen molar-refractivity contribution in [3.63, 3.8) is 0 Å². The lowest BCUT2D eigenvalue weighted by atomic mass is 9.95. The van der Waals surface area contributed by atoms with Gasteiger partial charge in [0.25, 0.3) is 5.91 Å². The number of nitrogens with zero attached hydrogens (tertiary/aromatic N) is 3. The Bertz CT molecular complexity index is 1080. The normalized spacial score (nSPS) is 14.9. The minimum absolute atomic E-state index is 0.0160. The first kappa shape index (κ1) is 29.0. The molecule has 0 radical (unpaired) electrons. The number of hydrogen-bond acceptors (Lipinski definition) is 6. The van der Waals surface area contributed by atoms with Crippen molar-refractivity contribution in [2.24, 2.45) is 0 Å². The molecular formula is C29H40N4O5. The molecule has 1 aliphatic heterocycles. The van der Waals surface area contributed by atoms with Gasteiger partial charge in [-0.3, -0.25) is 15.0 Å². The maximum atomic E-state index is 12.8. The van der Waals surface area contributed by atoms with Crippen LogP contribution in [0.3, 0.4) is 0 Å². The first-order valence-electron chi connectivity index (χ1n) is 13.1. The van der Waals surface area contributed by atoms with Crippen LogP contribution in [0.5, 0.6) is 0 Å². The Hall–Kier alpha value is -3.59. The summed E-state index contributed by atoms with van der Waals surface area (Å²) in [7, 11) is 1.32. The van der Waals surface area contributed by atoms with E-state index in [0.717, 1.165) is 11.1 Å². The van der Waals surface area contributed by atoms with Crippen molar-refractivity contribution in [2.45, 2.75) is 46.3 Å². The van der Waals surface area contributed by atoms with Crippen molar-refractivity contribution < 1.29 is 23.9 Å². The molecular weight excluding hydrogens is 484 g/mol. The second kappa shape index (κ2) is 12.8. The van der Waals surface area contributed by atoms with Crippen LogP contribution in [0.25, 0.3) is 0 Å². The maximum Gasteiger partial charge on any atom is 0.411 e. The average molecular weight is 525 g/mol. The number of carbonyl (C=O) groups is 3. The largest absolute Gasteiger partial charge is 0.453 e. The van der Waals surface area contributed by atoms with E-state index in [1.807, 2.05) is 83.1 Å². The highest BCUT2D eigenvalue weighted by atomic mass is 16.6. The van der Waals surface area contributed by atoms with Crippen LogP contribution in [-0.2, 0) is 9.47 Å². The van der Waals surface area contributed by atoms with E-state index in [4.69, 9.17) is 4.74 Å². The molecule has 0 bridgehead atoms. The SMILES string of the molecule is CCN(CC)C(=O)c1ccc(C(c2ccc(NC(=O)OC)cc2)N2CCN(C(=O)OC(C)(C)C)CC2)cc1. The third-order valence-corrected chi connectivity index (χ3v) is 6.51. The van der Waals surface area contributed by atoms with Crippen LogP contribution in [0.2, 0.25) is 0 Å². The molecule has 3 rings (SSSR count). The Labute approximate surface area is 225 Å². The third kappa shape index (κ3) is 7.47. The quantitative estimate of drug-likeness (QED) is 0.549. The zero-order chi connectivity index (χ0) is 27.9. The van der Waals surface area contributed by atoms with Gasteiger partial charge in [0.2, 0.25) is 0 Å². The summed E-state index contributed by atoms with van der Waals surface area (Å²) in [6, 6.07) is 15.3. The van der Waals surface area contributed by atoms with E-state index < -0.39 is 11.7 Å². The molecule has 1 heterocycles. The predicted molar refractivity (Wildman–Crippen MR) is 147 cm³/mol. The lowest BCUT2D eigenvalue weighted by Crippen LogP contribution is -2.51. The fourth-order valence-corrected chi connectivity index (χ4v) is 4.52. The van der Waals surface area contributed by atoms with Crippen LogP contribution in [0.4, 0.5) is 15.3 Å². The first-order chi connectivity index (χ1) is 18.1. The van der Waals surface area contributed by atoms with Crippen molar-refractivity contribution in [1.29, 1.82) is 0 Å². The standard InChI is InChI=1S/C29H40N4O5/c1-7-31(8-2)26(34)23-11-9-21(10-12-23)25(22-13-15-24(16-14-22)30-27(35)37-6)32-17-19-33(20-18-32)28(36)38-29(3,4)5/h9-16,25H,7-8,17-20H2,1-6H3,(H,30,35). The molecule has 1 unspecified atom stereocenters. The zero-order valence-corrected chi connectivity index (χ0v) is 23.3. The van der Waals surface area contributed by atoms with Gasteiger partial charge in [0, 0.05) is 50.5 Å². The molecule has 38 heavy (non-hydrogen) atoms. The minimum Gasteiger partial charge on any atom is -0.453 e. The number of hydrogen-bond donors (Lipinski definition) is 1. The van der Waals surface area contributed by atoms with Crippen molar-refractivity contribution in [3.8, 4) is 0 Å². The van der Waals surface area contributed by atoms with E-state index in [-0.39, 0.29) is 18.0 Å². The van der Waals surface area contributed by atoms with Gasteiger partial charge in [-0.1, -0.05) is 24.3 Å². The molecule has 1 N–H and O–H groups in total. The van der Waals surface area contributed by atoms with Crippen LogP contribution >= 0.6 is 0 Å². The molecule has 9 heteroatoms. The molecule has 2 aromatic carbocycles. The number of ether oxygens (including phenoxy) is 2. The Kier molecular flexibility index (Phi) is 9.74. The van der Waals surface area contributed by atoms with Gasteiger partial charge in [-0.15, -0.1) is 0 Å². The first-order valence-corrected chi connectivity index (χ1v) is 13.1. The van der Waals surface area contributed by atoms with Gasteiger partial charge in [0.05, 0.1) is 13.2 Å². The summed E-state index contributed by atoms with van der Waals surface area (Å²) in [5, 5.41) is 2.68. The molecule has 1 aliphatic rings. The summed E-state index contributed by atoms with van der Waals surface area (Å²) < 4.78 is 10.2. The Morgan fingerprint density at radius 2 is 1.42 bits per heavy atom. The molecule has 0 aliphatic carbocycles. The summed E-state index contributed by atoms with van der Waals surface area (Å²) >= 11 is 0. The van der Waals surface area contributed by atoms with Crippen LogP contribution < -0.4 is 5.32 Å². The van der Waals surface area contributed by atoms with Gasteiger partial charge < -0.3 is 19.3 Å². The zero-order valence-electron chi connectivity index (χ0n) is 23.3. The number of amides is 3. The molecule has 206 valence electrons. The smallest absolute Gasteiger partial charge is 0.411 e. The van der Waals surface area contributed by atoms with Gasteiger partial charge in [-0.05, 0) is 70.0 Å². The van der Waals surface area contributed by atoms with Gasteiger partial charge in [0.1, 0.15) is 5.60 Å². The summed E-state index contributed by atoms with van der Waals surface area (Å²) in [6.07, 6.45) is -0.827. The number of anilines is 1. The Morgan fingerprint density at radius 3 is 1.89 bits per heavy atom. The van der Waals surface area contributed by atoms with Crippen LogP contribution in [0.1, 0.15) is 62.1 Å². The molecule has 1 fully saturated rings. The fourth-order valence-electron chi connectivity index (χ4n) is 4.52. The molecule has 3 amide bonds. The van der Waals surface area contributed by atoms with Gasteiger partial charge in [0.15, 0.2) is 0 Å². The number of methoxy groups -OCH3 is 1. The van der Waals surface area contributed by atoms with E-state index in [0.29, 0.717) is 50.5 Å². The fraction of sp³-hybridized carbons (Fsp3) is 0.483.